The van der Waals surface area contributed by atoms with Gasteiger partial charge in [0.05, 0.1) is 17.5 Å². The molecule has 0 atom stereocenters. The minimum Gasteiger partial charge on any atom is -0.308 e. The predicted octanol–water partition coefficient (Wildman–Crippen LogP) is 1.73. The molecule has 5 heteroatoms. The Hall–Kier alpha value is -2.61. The second-order valence-corrected chi connectivity index (χ2v) is 3.36. The van der Waals surface area contributed by atoms with Gasteiger partial charge in [-0.3, -0.25) is 4.79 Å². The SMILES string of the molecule is [C-]#[N+]c1c[nH]n2c(=O)c3ccccc3nc12. The average molecular weight is 210 g/mol. The zero-order chi connectivity index (χ0) is 11.1. The summed E-state index contributed by atoms with van der Waals surface area (Å²) in [5, 5.41) is 3.27. The topological polar surface area (TPSA) is 54.5 Å². The molecule has 0 saturated carbocycles. The summed E-state index contributed by atoms with van der Waals surface area (Å²) in [5.74, 6) is 0. The third-order valence-corrected chi connectivity index (χ3v) is 2.46. The minimum atomic E-state index is -0.185. The van der Waals surface area contributed by atoms with E-state index >= 15 is 0 Å². The lowest BCUT2D eigenvalue weighted by Gasteiger charge is -1.98. The first-order valence-corrected chi connectivity index (χ1v) is 4.67. The molecule has 0 aliphatic rings. The first kappa shape index (κ1) is 8.68. The maximum atomic E-state index is 12.0. The van der Waals surface area contributed by atoms with E-state index in [2.05, 4.69) is 14.9 Å². The van der Waals surface area contributed by atoms with Gasteiger partial charge in [-0.2, -0.15) is 0 Å². The molecular formula is C11H6N4O. The van der Waals surface area contributed by atoms with E-state index in [9.17, 15) is 4.79 Å². The lowest BCUT2D eigenvalue weighted by molar-refractivity contribution is 0.915. The molecule has 2 heterocycles. The van der Waals surface area contributed by atoms with Gasteiger partial charge in [0.25, 0.3) is 5.56 Å². The van der Waals surface area contributed by atoms with Gasteiger partial charge in [0.1, 0.15) is 0 Å². The summed E-state index contributed by atoms with van der Waals surface area (Å²) in [4.78, 5) is 19.6. The molecule has 0 unspecified atom stereocenters. The molecule has 5 nitrogen and oxygen atoms in total. The molecule has 0 amide bonds. The lowest BCUT2D eigenvalue weighted by Crippen LogP contribution is -2.14. The van der Waals surface area contributed by atoms with Crippen LogP contribution in [0.1, 0.15) is 0 Å². The Labute approximate surface area is 89.8 Å². The molecule has 3 rings (SSSR count). The van der Waals surface area contributed by atoms with Crippen molar-refractivity contribution < 1.29 is 0 Å². The Morgan fingerprint density at radius 1 is 1.38 bits per heavy atom. The van der Waals surface area contributed by atoms with Crippen LogP contribution in [-0.4, -0.2) is 14.6 Å². The molecule has 2 aromatic heterocycles. The average Bonchev–Trinajstić information content (AvgIpc) is 2.72. The Bertz CT molecular complexity index is 791. The fourth-order valence-electron chi connectivity index (χ4n) is 1.70. The van der Waals surface area contributed by atoms with Gasteiger partial charge in [-0.25, -0.2) is 14.3 Å². The molecule has 76 valence electrons. The minimum absolute atomic E-state index is 0.185. The van der Waals surface area contributed by atoms with E-state index in [4.69, 9.17) is 6.57 Å². The Morgan fingerprint density at radius 3 is 3.00 bits per heavy atom. The van der Waals surface area contributed by atoms with Crippen LogP contribution in [0.15, 0.2) is 35.3 Å². The van der Waals surface area contributed by atoms with E-state index < -0.39 is 0 Å². The van der Waals surface area contributed by atoms with E-state index in [1.165, 1.54) is 10.7 Å². The van der Waals surface area contributed by atoms with Gasteiger partial charge in [-0.15, -0.1) is 0 Å². The molecule has 1 N–H and O–H groups in total. The number of rotatable bonds is 0. The highest BCUT2D eigenvalue weighted by Crippen LogP contribution is 2.18. The van der Waals surface area contributed by atoms with Crippen molar-refractivity contribution in [3.05, 3.63) is 52.2 Å². The predicted molar refractivity (Wildman–Crippen MR) is 59.6 cm³/mol. The van der Waals surface area contributed by atoms with Crippen LogP contribution in [0.3, 0.4) is 0 Å². The van der Waals surface area contributed by atoms with Crippen molar-refractivity contribution in [3.8, 4) is 0 Å². The molecular weight excluding hydrogens is 204 g/mol. The number of hydrogen-bond donors (Lipinski definition) is 1. The molecule has 0 radical (unpaired) electrons. The van der Waals surface area contributed by atoms with E-state index in [1.807, 2.05) is 6.07 Å². The standard InChI is InChI=1S/C11H6N4O/c1-12-9-6-13-15-10(9)14-8-5-3-2-4-7(8)11(15)16/h2-6,13H. The molecule has 0 aliphatic carbocycles. The summed E-state index contributed by atoms with van der Waals surface area (Å²) in [6.07, 6.45) is 1.48. The fourth-order valence-corrected chi connectivity index (χ4v) is 1.70. The number of fused-ring (bicyclic) bond motifs is 2. The molecule has 0 fully saturated rings. The number of para-hydroxylation sites is 1. The van der Waals surface area contributed by atoms with E-state index in [0.717, 1.165) is 0 Å². The maximum absolute atomic E-state index is 12.0. The number of nitrogens with zero attached hydrogens (tertiary/aromatic N) is 3. The van der Waals surface area contributed by atoms with Gasteiger partial charge in [-0.1, -0.05) is 12.1 Å². The van der Waals surface area contributed by atoms with Crippen LogP contribution < -0.4 is 5.56 Å². The molecule has 3 aromatic rings. The Morgan fingerprint density at radius 2 is 2.19 bits per heavy atom. The van der Waals surface area contributed by atoms with Gasteiger partial charge >= 0.3 is 0 Å². The molecule has 0 saturated heterocycles. The normalized spacial score (nSPS) is 10.7. The number of aromatic nitrogens is 3. The largest absolute Gasteiger partial charge is 0.308 e. The monoisotopic (exact) mass is 210 g/mol. The van der Waals surface area contributed by atoms with Gasteiger partial charge in [0.2, 0.25) is 5.69 Å². The molecule has 0 spiro atoms. The third kappa shape index (κ3) is 0.982. The number of hydrogen-bond acceptors (Lipinski definition) is 2. The zero-order valence-corrected chi connectivity index (χ0v) is 8.14. The number of aromatic amines is 1. The van der Waals surface area contributed by atoms with Crippen molar-refractivity contribution in [1.29, 1.82) is 0 Å². The lowest BCUT2D eigenvalue weighted by atomic mass is 10.2. The van der Waals surface area contributed by atoms with Gasteiger partial charge < -0.3 is 5.10 Å². The smallest absolute Gasteiger partial charge is 0.279 e. The molecule has 0 aliphatic heterocycles. The third-order valence-electron chi connectivity index (χ3n) is 2.46. The summed E-state index contributed by atoms with van der Waals surface area (Å²) in [6, 6.07) is 7.08. The van der Waals surface area contributed by atoms with Crippen molar-refractivity contribution in [2.45, 2.75) is 0 Å². The van der Waals surface area contributed by atoms with Crippen molar-refractivity contribution in [3.63, 3.8) is 0 Å². The second-order valence-electron chi connectivity index (χ2n) is 3.36. The molecule has 1 aromatic carbocycles. The second kappa shape index (κ2) is 2.94. The van der Waals surface area contributed by atoms with E-state index in [1.54, 1.807) is 18.2 Å². The summed E-state index contributed by atoms with van der Waals surface area (Å²) >= 11 is 0. The summed E-state index contributed by atoms with van der Waals surface area (Å²) in [5.41, 5.74) is 1.15. The Balaban J connectivity index is 2.64. The van der Waals surface area contributed by atoms with Gasteiger partial charge in [0.15, 0.2) is 5.65 Å². The van der Waals surface area contributed by atoms with Crippen LogP contribution in [0.4, 0.5) is 5.69 Å². The van der Waals surface area contributed by atoms with E-state index in [-0.39, 0.29) is 5.56 Å². The van der Waals surface area contributed by atoms with Crippen molar-refractivity contribution in [2.75, 3.05) is 0 Å². The molecule has 0 bridgehead atoms. The van der Waals surface area contributed by atoms with Gasteiger partial charge in [0, 0.05) is 6.20 Å². The highest BCUT2D eigenvalue weighted by atomic mass is 16.1. The highest BCUT2D eigenvalue weighted by molar-refractivity contribution is 5.82. The first-order valence-electron chi connectivity index (χ1n) is 4.67. The van der Waals surface area contributed by atoms with Crippen LogP contribution in [-0.2, 0) is 0 Å². The number of nitrogens with one attached hydrogen (secondary N) is 1. The van der Waals surface area contributed by atoms with Gasteiger partial charge in [-0.05, 0) is 12.1 Å². The fraction of sp³-hybridized carbons (Fsp3) is 0. The van der Waals surface area contributed by atoms with Crippen molar-refractivity contribution in [1.82, 2.24) is 14.6 Å². The van der Waals surface area contributed by atoms with Crippen molar-refractivity contribution in [2.24, 2.45) is 0 Å². The van der Waals surface area contributed by atoms with Crippen molar-refractivity contribution >= 4 is 22.2 Å². The summed E-state index contributed by atoms with van der Waals surface area (Å²) in [6.45, 7) is 6.97. The zero-order valence-electron chi connectivity index (χ0n) is 8.14. The summed E-state index contributed by atoms with van der Waals surface area (Å²) < 4.78 is 1.29. The number of H-pyrrole nitrogens is 1. The molecule has 16 heavy (non-hydrogen) atoms. The maximum Gasteiger partial charge on any atom is 0.279 e. The Kier molecular flexibility index (Phi) is 1.59. The quantitative estimate of drug-likeness (QED) is 0.574. The van der Waals surface area contributed by atoms with Crippen LogP contribution in [0.2, 0.25) is 0 Å². The van der Waals surface area contributed by atoms with E-state index in [0.29, 0.717) is 22.2 Å². The summed E-state index contributed by atoms with van der Waals surface area (Å²) in [7, 11) is 0. The van der Waals surface area contributed by atoms with Crippen LogP contribution in [0.25, 0.3) is 21.4 Å². The van der Waals surface area contributed by atoms with Crippen LogP contribution in [0, 0.1) is 6.57 Å². The van der Waals surface area contributed by atoms with Crippen LogP contribution >= 0.6 is 0 Å². The van der Waals surface area contributed by atoms with Crippen LogP contribution in [0.5, 0.6) is 0 Å². The highest BCUT2D eigenvalue weighted by Gasteiger charge is 2.09. The first-order chi connectivity index (χ1) is 7.81. The number of benzene rings is 1.